The lowest BCUT2D eigenvalue weighted by atomic mass is 9.96. The molecule has 1 saturated heterocycles. The summed E-state index contributed by atoms with van der Waals surface area (Å²) in [7, 11) is 2.18. The van der Waals surface area contributed by atoms with Crippen LogP contribution in [0.25, 0.3) is 0 Å². The van der Waals surface area contributed by atoms with Crippen LogP contribution in [0.4, 0.5) is 0 Å². The van der Waals surface area contributed by atoms with Crippen LogP contribution >= 0.6 is 0 Å². The first kappa shape index (κ1) is 11.0. The zero-order valence-electron chi connectivity index (χ0n) is 9.00. The van der Waals surface area contributed by atoms with Crippen molar-refractivity contribution in [2.24, 2.45) is 0 Å². The quantitative estimate of drug-likeness (QED) is 0.724. The van der Waals surface area contributed by atoms with Crippen molar-refractivity contribution in [3.05, 3.63) is 0 Å². The van der Waals surface area contributed by atoms with Gasteiger partial charge < -0.3 is 10.0 Å². The lowest BCUT2D eigenvalue weighted by Gasteiger charge is -2.33. The molecule has 1 heterocycles. The molecule has 1 aliphatic rings. The maximum Gasteiger partial charge on any atom is 0.0555 e. The van der Waals surface area contributed by atoms with Gasteiger partial charge in [0.05, 0.1) is 6.10 Å². The topological polar surface area (TPSA) is 23.5 Å². The Morgan fingerprint density at radius 3 is 2.85 bits per heavy atom. The monoisotopic (exact) mass is 185 g/mol. The van der Waals surface area contributed by atoms with E-state index in [4.69, 9.17) is 0 Å². The molecule has 13 heavy (non-hydrogen) atoms. The van der Waals surface area contributed by atoms with Gasteiger partial charge in [0.15, 0.2) is 0 Å². The van der Waals surface area contributed by atoms with E-state index in [9.17, 15) is 5.11 Å². The van der Waals surface area contributed by atoms with Crippen LogP contribution in [0.5, 0.6) is 0 Å². The Balaban J connectivity index is 2.25. The van der Waals surface area contributed by atoms with Crippen molar-refractivity contribution in [1.82, 2.24) is 4.90 Å². The molecule has 2 nitrogen and oxygen atoms in total. The number of hydrogen-bond acceptors (Lipinski definition) is 2. The van der Waals surface area contributed by atoms with Gasteiger partial charge in [-0.2, -0.15) is 0 Å². The average molecular weight is 185 g/mol. The van der Waals surface area contributed by atoms with Crippen LogP contribution in [0.2, 0.25) is 0 Å². The van der Waals surface area contributed by atoms with Crippen molar-refractivity contribution < 1.29 is 5.11 Å². The normalized spacial score (nSPS) is 27.5. The molecular formula is C11H23NO. The largest absolute Gasteiger partial charge is 0.393 e. The second kappa shape index (κ2) is 5.61. The fraction of sp³-hybridized carbons (Fsp3) is 1.00. The second-order valence-electron chi connectivity index (χ2n) is 4.31. The van der Waals surface area contributed by atoms with Gasteiger partial charge in [0.25, 0.3) is 0 Å². The van der Waals surface area contributed by atoms with Crippen molar-refractivity contribution in [3.63, 3.8) is 0 Å². The molecule has 0 bridgehead atoms. The highest BCUT2D eigenvalue weighted by molar-refractivity contribution is 4.76. The average Bonchev–Trinajstić information content (AvgIpc) is 2.09. The standard InChI is InChI=1S/C11H23NO/c1-3-6-11(13)9-10-7-4-5-8-12(10)2/h10-11,13H,3-9H2,1-2H3. The third-order valence-electron chi connectivity index (χ3n) is 3.09. The van der Waals surface area contributed by atoms with E-state index in [0.29, 0.717) is 6.04 Å². The Morgan fingerprint density at radius 1 is 1.46 bits per heavy atom. The minimum atomic E-state index is -0.0736. The van der Waals surface area contributed by atoms with Gasteiger partial charge in [-0.15, -0.1) is 0 Å². The van der Waals surface area contributed by atoms with E-state index >= 15 is 0 Å². The Bertz CT molecular complexity index is 138. The molecule has 2 atom stereocenters. The fourth-order valence-electron chi connectivity index (χ4n) is 2.21. The van der Waals surface area contributed by atoms with Gasteiger partial charge in [-0.05, 0) is 39.3 Å². The molecule has 0 saturated carbocycles. The van der Waals surface area contributed by atoms with E-state index < -0.39 is 0 Å². The van der Waals surface area contributed by atoms with E-state index in [1.165, 1.54) is 25.8 Å². The Morgan fingerprint density at radius 2 is 2.23 bits per heavy atom. The van der Waals surface area contributed by atoms with Crippen molar-refractivity contribution in [2.45, 2.75) is 57.6 Å². The fourth-order valence-corrected chi connectivity index (χ4v) is 2.21. The highest BCUT2D eigenvalue weighted by Gasteiger charge is 2.21. The van der Waals surface area contributed by atoms with Gasteiger partial charge in [0, 0.05) is 6.04 Å². The molecule has 0 aliphatic carbocycles. The Hall–Kier alpha value is -0.0800. The van der Waals surface area contributed by atoms with Crippen molar-refractivity contribution >= 4 is 0 Å². The van der Waals surface area contributed by atoms with E-state index in [1.807, 2.05) is 0 Å². The maximum atomic E-state index is 9.69. The third kappa shape index (κ3) is 3.65. The maximum absolute atomic E-state index is 9.69. The summed E-state index contributed by atoms with van der Waals surface area (Å²) >= 11 is 0. The molecule has 0 spiro atoms. The molecular weight excluding hydrogens is 162 g/mol. The number of hydrogen-bond donors (Lipinski definition) is 1. The number of aliphatic hydroxyl groups is 1. The summed E-state index contributed by atoms with van der Waals surface area (Å²) < 4.78 is 0. The van der Waals surface area contributed by atoms with E-state index in [2.05, 4.69) is 18.9 Å². The SMILES string of the molecule is CCCC(O)CC1CCCCN1C. The molecule has 0 aromatic heterocycles. The summed E-state index contributed by atoms with van der Waals surface area (Å²) in [5.41, 5.74) is 0. The van der Waals surface area contributed by atoms with Gasteiger partial charge in [-0.25, -0.2) is 0 Å². The zero-order chi connectivity index (χ0) is 9.68. The van der Waals surface area contributed by atoms with Gasteiger partial charge in [0.2, 0.25) is 0 Å². The van der Waals surface area contributed by atoms with Crippen molar-refractivity contribution in [3.8, 4) is 0 Å². The van der Waals surface area contributed by atoms with Crippen LogP contribution in [0.3, 0.4) is 0 Å². The number of aliphatic hydroxyl groups excluding tert-OH is 1. The number of piperidine rings is 1. The summed E-state index contributed by atoms with van der Waals surface area (Å²) in [4.78, 5) is 2.41. The molecule has 1 rings (SSSR count). The second-order valence-corrected chi connectivity index (χ2v) is 4.31. The molecule has 0 aromatic carbocycles. The van der Waals surface area contributed by atoms with E-state index in [1.54, 1.807) is 0 Å². The van der Waals surface area contributed by atoms with Crippen LogP contribution in [0.1, 0.15) is 45.4 Å². The predicted molar refractivity (Wildman–Crippen MR) is 55.8 cm³/mol. The molecule has 2 unspecified atom stereocenters. The highest BCUT2D eigenvalue weighted by atomic mass is 16.3. The van der Waals surface area contributed by atoms with Crippen molar-refractivity contribution in [2.75, 3.05) is 13.6 Å². The summed E-state index contributed by atoms with van der Waals surface area (Å²) in [5, 5.41) is 9.69. The van der Waals surface area contributed by atoms with E-state index in [0.717, 1.165) is 19.3 Å². The summed E-state index contributed by atoms with van der Waals surface area (Å²) in [6, 6.07) is 0.635. The smallest absolute Gasteiger partial charge is 0.0555 e. The molecule has 1 N–H and O–H groups in total. The Labute approximate surface area is 81.9 Å². The lowest BCUT2D eigenvalue weighted by molar-refractivity contribution is 0.0885. The molecule has 2 heteroatoms. The van der Waals surface area contributed by atoms with Gasteiger partial charge in [-0.1, -0.05) is 19.8 Å². The number of likely N-dealkylation sites (tertiary alicyclic amines) is 1. The minimum Gasteiger partial charge on any atom is -0.393 e. The predicted octanol–water partition coefficient (Wildman–Crippen LogP) is 2.02. The first-order valence-electron chi connectivity index (χ1n) is 5.62. The number of rotatable bonds is 4. The molecule has 0 aromatic rings. The van der Waals surface area contributed by atoms with Crippen LogP contribution in [-0.4, -0.2) is 35.7 Å². The summed E-state index contributed by atoms with van der Waals surface area (Å²) in [6.07, 6.45) is 6.91. The summed E-state index contributed by atoms with van der Waals surface area (Å²) in [5.74, 6) is 0. The molecule has 0 amide bonds. The van der Waals surface area contributed by atoms with E-state index in [-0.39, 0.29) is 6.10 Å². The lowest BCUT2D eigenvalue weighted by Crippen LogP contribution is -2.38. The molecule has 1 fully saturated rings. The molecule has 78 valence electrons. The Kier molecular flexibility index (Phi) is 4.74. The first-order chi connectivity index (χ1) is 6.24. The van der Waals surface area contributed by atoms with Gasteiger partial charge >= 0.3 is 0 Å². The van der Waals surface area contributed by atoms with Crippen LogP contribution < -0.4 is 0 Å². The highest BCUT2D eigenvalue weighted by Crippen LogP contribution is 2.20. The van der Waals surface area contributed by atoms with Gasteiger partial charge in [-0.3, -0.25) is 0 Å². The van der Waals surface area contributed by atoms with Crippen LogP contribution in [0.15, 0.2) is 0 Å². The van der Waals surface area contributed by atoms with Crippen LogP contribution in [0, 0.1) is 0 Å². The minimum absolute atomic E-state index is 0.0736. The van der Waals surface area contributed by atoms with Crippen molar-refractivity contribution in [1.29, 1.82) is 0 Å². The third-order valence-corrected chi connectivity index (χ3v) is 3.09. The zero-order valence-corrected chi connectivity index (χ0v) is 9.00. The van der Waals surface area contributed by atoms with Gasteiger partial charge in [0.1, 0.15) is 0 Å². The summed E-state index contributed by atoms with van der Waals surface area (Å²) in [6.45, 7) is 3.34. The molecule has 0 radical (unpaired) electrons. The van der Waals surface area contributed by atoms with Crippen LogP contribution in [-0.2, 0) is 0 Å². The number of nitrogens with zero attached hydrogens (tertiary/aromatic N) is 1. The first-order valence-corrected chi connectivity index (χ1v) is 5.62. The molecule has 1 aliphatic heterocycles.